The van der Waals surface area contributed by atoms with Crippen LogP contribution in [0.3, 0.4) is 0 Å². The van der Waals surface area contributed by atoms with Crippen molar-refractivity contribution in [3.8, 4) is 84.6 Å². The van der Waals surface area contributed by atoms with Gasteiger partial charge in [0.1, 0.15) is 33.5 Å². The van der Waals surface area contributed by atoms with E-state index >= 15 is 0 Å². The Morgan fingerprint density at radius 3 is 0.674 bits per heavy atom. The summed E-state index contributed by atoms with van der Waals surface area (Å²) in [6, 6.07) is 176. The molecule has 0 amide bonds. The second kappa shape index (κ2) is 32.8. The van der Waals surface area contributed by atoms with Gasteiger partial charge in [-0.05, 0) is 270 Å². The van der Waals surface area contributed by atoms with Crippen LogP contribution in [0.4, 0.5) is 51.2 Å². The maximum atomic E-state index is 6.49. The molecule has 12 nitrogen and oxygen atoms in total. The highest BCUT2D eigenvalue weighted by molar-refractivity contribution is 6.15. The maximum absolute atomic E-state index is 6.49. The summed E-state index contributed by atoms with van der Waals surface area (Å²) in [6.07, 6.45) is 0. The molecule has 0 unspecified atom stereocenters. The Kier molecular flexibility index (Phi) is 18.7. The third-order valence-electron chi connectivity index (χ3n) is 28.0. The van der Waals surface area contributed by atoms with E-state index in [0.29, 0.717) is 17.5 Å². The van der Waals surface area contributed by atoms with Gasteiger partial charge < -0.3 is 41.7 Å². The van der Waals surface area contributed by atoms with Crippen LogP contribution in [-0.2, 0) is 0 Å². The molecule has 0 aliphatic rings. The van der Waals surface area contributed by atoms with Crippen molar-refractivity contribution in [2.45, 2.75) is 0 Å². The Labute approximate surface area is 809 Å². The van der Waals surface area contributed by atoms with Crippen molar-refractivity contribution in [2.24, 2.45) is 0 Å². The van der Waals surface area contributed by atoms with Gasteiger partial charge in [-0.3, -0.25) is 0 Å². The molecule has 660 valence electrons. The molecule has 141 heavy (non-hydrogen) atoms. The molecule has 21 aromatic carbocycles. The molecule has 7 heterocycles. The lowest BCUT2D eigenvalue weighted by Crippen LogP contribution is -2.11. The van der Waals surface area contributed by atoms with E-state index in [-0.39, 0.29) is 0 Å². The summed E-state index contributed by atoms with van der Waals surface area (Å²) in [7, 11) is 0. The van der Waals surface area contributed by atoms with E-state index in [9.17, 15) is 0 Å². The lowest BCUT2D eigenvalue weighted by Gasteiger charge is -2.27. The summed E-state index contributed by atoms with van der Waals surface area (Å²) in [5.41, 5.74) is 32.1. The predicted octanol–water partition coefficient (Wildman–Crippen LogP) is 35.3. The van der Waals surface area contributed by atoms with E-state index in [1.165, 1.54) is 0 Å². The molecule has 0 fully saturated rings. The van der Waals surface area contributed by atoms with Gasteiger partial charge in [0.15, 0.2) is 17.5 Å². The molecule has 0 N–H and O–H groups in total. The lowest BCUT2D eigenvalue weighted by molar-refractivity contribution is 0.668. The second-order valence-electron chi connectivity index (χ2n) is 36.2. The van der Waals surface area contributed by atoms with Gasteiger partial charge in [-0.1, -0.05) is 255 Å². The van der Waals surface area contributed by atoms with Crippen molar-refractivity contribution >= 4 is 182 Å². The highest BCUT2D eigenvalue weighted by Crippen LogP contribution is 2.49. The molecule has 0 aliphatic carbocycles. The summed E-state index contributed by atoms with van der Waals surface area (Å²) in [6.45, 7) is 0. The monoisotopic (exact) mass is 1800 g/mol. The number of aromatic nitrogens is 6. The van der Waals surface area contributed by atoms with Gasteiger partial charge in [0.25, 0.3) is 0 Å². The number of para-hydroxylation sites is 9. The normalized spacial score (nSPS) is 11.8. The average molecular weight is 1810 g/mol. The van der Waals surface area contributed by atoms with E-state index in [4.69, 9.17) is 28.2 Å². The van der Waals surface area contributed by atoms with Gasteiger partial charge in [0.2, 0.25) is 0 Å². The minimum absolute atomic E-state index is 0.479. The van der Waals surface area contributed by atoms with E-state index in [1.807, 2.05) is 36.4 Å². The van der Waals surface area contributed by atoms with E-state index in [1.54, 1.807) is 0 Å². The van der Waals surface area contributed by atoms with Crippen molar-refractivity contribution in [3.63, 3.8) is 0 Å². The van der Waals surface area contributed by atoms with Crippen molar-refractivity contribution in [3.05, 3.63) is 491 Å². The van der Waals surface area contributed by atoms with Crippen LogP contribution in [0.5, 0.6) is 0 Å². The predicted molar refractivity (Wildman–Crippen MR) is 581 cm³/mol. The fourth-order valence-corrected chi connectivity index (χ4v) is 21.4. The van der Waals surface area contributed by atoms with Crippen LogP contribution in [0.25, 0.3) is 216 Å². The number of hydrogen-bond acceptors (Lipinski definition) is 9. The van der Waals surface area contributed by atoms with Gasteiger partial charge in [-0.25, -0.2) is 15.0 Å². The second-order valence-corrected chi connectivity index (χ2v) is 36.2. The van der Waals surface area contributed by atoms with Crippen LogP contribution in [-0.4, -0.2) is 28.7 Å². The third kappa shape index (κ3) is 13.7. The first-order valence-corrected chi connectivity index (χ1v) is 47.6. The largest absolute Gasteiger partial charge is 0.456 e. The van der Waals surface area contributed by atoms with Gasteiger partial charge in [-0.15, -0.1) is 0 Å². The Hall–Kier alpha value is -19.2. The van der Waals surface area contributed by atoms with Gasteiger partial charge >= 0.3 is 0 Å². The number of anilines is 9. The molecule has 0 saturated carbocycles. The molecule has 0 aliphatic heterocycles. The van der Waals surface area contributed by atoms with Crippen molar-refractivity contribution < 1.29 is 13.3 Å². The quantitative estimate of drug-likeness (QED) is 0.0831. The lowest BCUT2D eigenvalue weighted by atomic mass is 10.0. The number of benzene rings is 21. The van der Waals surface area contributed by atoms with Crippen LogP contribution in [0.2, 0.25) is 0 Å². The minimum atomic E-state index is 0.479. The molecule has 0 atom stereocenters. The highest BCUT2D eigenvalue weighted by Gasteiger charge is 2.27. The molecule has 0 radical (unpaired) electrons. The topological polar surface area (TPSA) is 103 Å². The van der Waals surface area contributed by atoms with Crippen molar-refractivity contribution in [2.75, 3.05) is 14.7 Å². The standard InChI is InChI=1S/C129H81N9O3/c1-4-28-91(29-5-1)136-115-43-16-10-37-103(115)112-79-100(64-70-118(112)136)133(94-58-49-82(50-59-94)85-55-67-109-106-40-13-19-46-121(106)139-124(109)76-85)97-34-22-25-88(73-97)127-130-128(89-26-23-35-98(74-89)134(95-60-51-83(52-61-95)86-56-68-110-107-41-14-20-47-122(107)140-125(110)77-86)101-65-71-119-113(80-101)104-38-11-17-44-116(104)137(119)92-30-6-2-7-31-92)132-129(131-127)90-27-24-36-99(75-90)135(96-62-53-84(54-63-96)87-57-69-111-108-42-15-21-48-123(108)141-126(111)78-87)102-66-72-120-114(81-102)105-39-12-18-45-117(105)138(120)93-32-8-3-9-33-93/h1-81H. The van der Waals surface area contributed by atoms with Gasteiger partial charge in [0, 0.05) is 150 Å². The summed E-state index contributed by atoms with van der Waals surface area (Å²) < 4.78 is 26.6. The number of rotatable bonds is 18. The van der Waals surface area contributed by atoms with E-state index in [0.717, 1.165) is 250 Å². The number of nitrogens with zero attached hydrogens (tertiary/aromatic N) is 9. The van der Waals surface area contributed by atoms with Crippen molar-refractivity contribution in [1.82, 2.24) is 28.7 Å². The zero-order valence-corrected chi connectivity index (χ0v) is 76.0. The number of hydrogen-bond donors (Lipinski definition) is 0. The SMILES string of the molecule is c1ccc(-n2c3ccccc3c3cc(N(c4ccc(-c5ccc6c(c5)oc5ccccc56)cc4)c4cccc(-c5nc(-c6cccc(N(c7ccc(-c8ccc9c(c8)oc8ccccc89)cc7)c7ccc8c(c7)c7ccccc7n8-c7ccccc7)c6)nc(-c6cccc(N(c7ccc(-c8ccc9c(c8)oc8ccccc89)cc7)c7ccc8c(c7)c7ccccc7n8-c7ccccc7)c6)n5)c4)ccc32)cc1. The summed E-state index contributed by atoms with van der Waals surface area (Å²) in [5.74, 6) is 1.44. The molecule has 28 aromatic rings. The number of fused-ring (bicyclic) bond motifs is 18. The Bertz CT molecular complexity index is 8940. The summed E-state index contributed by atoms with van der Waals surface area (Å²) in [5, 5.41) is 13.3. The first-order chi connectivity index (χ1) is 69.8. The minimum Gasteiger partial charge on any atom is -0.456 e. The zero-order valence-electron chi connectivity index (χ0n) is 76.0. The Morgan fingerprint density at radius 2 is 0.376 bits per heavy atom. The van der Waals surface area contributed by atoms with E-state index < -0.39 is 0 Å². The van der Waals surface area contributed by atoms with Gasteiger partial charge in [0.05, 0.1) is 33.1 Å². The van der Waals surface area contributed by atoms with Crippen LogP contribution < -0.4 is 14.7 Å². The Morgan fingerprint density at radius 1 is 0.142 bits per heavy atom. The average Bonchev–Trinajstić information content (AvgIpc) is 1.58. The fourth-order valence-electron chi connectivity index (χ4n) is 21.4. The van der Waals surface area contributed by atoms with E-state index in [2.05, 4.69) is 483 Å². The third-order valence-corrected chi connectivity index (χ3v) is 28.0. The highest BCUT2D eigenvalue weighted by atomic mass is 16.3. The van der Waals surface area contributed by atoms with Gasteiger partial charge in [-0.2, -0.15) is 0 Å². The smallest absolute Gasteiger partial charge is 0.164 e. The molecule has 28 rings (SSSR count). The summed E-state index contributed by atoms with van der Waals surface area (Å²) >= 11 is 0. The summed E-state index contributed by atoms with van der Waals surface area (Å²) in [4.78, 5) is 24.3. The molecular weight excluding hydrogens is 1720 g/mol. The van der Waals surface area contributed by atoms with Crippen LogP contribution >= 0.6 is 0 Å². The fraction of sp³-hybridized carbons (Fsp3) is 0. The molecule has 7 aromatic heterocycles. The molecule has 0 bridgehead atoms. The molecule has 0 saturated heterocycles. The first kappa shape index (κ1) is 80.3. The Balaban J connectivity index is 0.627. The van der Waals surface area contributed by atoms with Crippen LogP contribution in [0.1, 0.15) is 0 Å². The first-order valence-electron chi connectivity index (χ1n) is 47.6. The maximum Gasteiger partial charge on any atom is 0.164 e. The number of furan rings is 3. The molecule has 12 heteroatoms. The van der Waals surface area contributed by atoms with Crippen LogP contribution in [0.15, 0.2) is 505 Å². The molecular formula is C129H81N9O3. The molecule has 0 spiro atoms. The zero-order chi connectivity index (χ0) is 92.7. The van der Waals surface area contributed by atoms with Crippen molar-refractivity contribution in [1.29, 1.82) is 0 Å². The van der Waals surface area contributed by atoms with Crippen LogP contribution in [0, 0.1) is 0 Å².